The predicted molar refractivity (Wildman–Crippen MR) is 98.8 cm³/mol. The minimum absolute atomic E-state index is 0.201. The lowest BCUT2D eigenvalue weighted by Gasteiger charge is -2.13. The van der Waals surface area contributed by atoms with E-state index in [2.05, 4.69) is 20.9 Å². The Morgan fingerprint density at radius 1 is 1.22 bits per heavy atom. The summed E-state index contributed by atoms with van der Waals surface area (Å²) < 4.78 is 19.6. The van der Waals surface area contributed by atoms with Crippen LogP contribution in [-0.4, -0.2) is 17.3 Å². The summed E-state index contributed by atoms with van der Waals surface area (Å²) in [5.41, 5.74) is 1.66. The van der Waals surface area contributed by atoms with E-state index in [1.807, 2.05) is 12.1 Å². The summed E-state index contributed by atoms with van der Waals surface area (Å²) in [6.07, 6.45) is 0. The van der Waals surface area contributed by atoms with E-state index in [1.165, 1.54) is 12.1 Å². The molecule has 0 radical (unpaired) electrons. The number of thioether (sulfide) groups is 1. The lowest BCUT2D eigenvalue weighted by Crippen LogP contribution is -2.00. The van der Waals surface area contributed by atoms with E-state index in [9.17, 15) is 4.39 Å². The summed E-state index contributed by atoms with van der Waals surface area (Å²) in [6, 6.07) is 7.97. The third-order valence-corrected chi connectivity index (χ3v) is 5.46. The highest BCUT2D eigenvalue weighted by molar-refractivity contribution is 9.10. The lowest BCUT2D eigenvalue weighted by atomic mass is 10.2. The minimum atomic E-state index is -0.378. The van der Waals surface area contributed by atoms with Crippen LogP contribution in [-0.2, 0) is 6.61 Å². The molecule has 1 aliphatic rings. The van der Waals surface area contributed by atoms with Crippen LogP contribution in [0.5, 0.6) is 5.75 Å². The quantitative estimate of drug-likeness (QED) is 0.591. The number of nitrogens with zero attached hydrogens (tertiary/aromatic N) is 1. The molecule has 120 valence electrons. The normalized spacial score (nSPS) is 14.0. The molecule has 2 aromatic rings. The summed E-state index contributed by atoms with van der Waals surface area (Å²) >= 11 is 17.5. The first-order valence-electron chi connectivity index (χ1n) is 6.78. The van der Waals surface area contributed by atoms with Crippen LogP contribution in [0.4, 0.5) is 4.39 Å². The monoisotopic (exact) mass is 433 g/mol. The van der Waals surface area contributed by atoms with Crippen LogP contribution in [0, 0.1) is 5.82 Å². The second-order valence-corrected chi connectivity index (χ2v) is 7.58. The number of hydrogen-bond donors (Lipinski definition) is 0. The molecule has 0 amide bonds. The van der Waals surface area contributed by atoms with E-state index >= 15 is 0 Å². The molecule has 2 nitrogen and oxygen atoms in total. The first kappa shape index (κ1) is 17.1. The maximum Gasteiger partial charge on any atom is 0.152 e. The SMILES string of the molecule is Fc1ccc(COc2c(Cl)cc(C3=NCCS3)cc2Br)c(Cl)c1. The van der Waals surface area contributed by atoms with Gasteiger partial charge >= 0.3 is 0 Å². The van der Waals surface area contributed by atoms with Gasteiger partial charge in [-0.1, -0.05) is 29.3 Å². The van der Waals surface area contributed by atoms with E-state index < -0.39 is 0 Å². The fourth-order valence-corrected chi connectivity index (χ4v) is 4.15. The van der Waals surface area contributed by atoms with Crippen LogP contribution < -0.4 is 4.74 Å². The van der Waals surface area contributed by atoms with Crippen LogP contribution >= 0.6 is 50.9 Å². The molecule has 0 unspecified atom stereocenters. The van der Waals surface area contributed by atoms with Crippen molar-refractivity contribution in [2.24, 2.45) is 4.99 Å². The third kappa shape index (κ3) is 4.02. The molecule has 0 saturated heterocycles. The van der Waals surface area contributed by atoms with Crippen LogP contribution in [0.25, 0.3) is 0 Å². The largest absolute Gasteiger partial charge is 0.486 e. The molecule has 0 aliphatic carbocycles. The number of ether oxygens (including phenoxy) is 1. The van der Waals surface area contributed by atoms with E-state index in [0.29, 0.717) is 21.4 Å². The van der Waals surface area contributed by atoms with Gasteiger partial charge < -0.3 is 4.74 Å². The molecule has 7 heteroatoms. The van der Waals surface area contributed by atoms with Gasteiger partial charge in [-0.3, -0.25) is 4.99 Å². The Kier molecular flexibility index (Phi) is 5.52. The van der Waals surface area contributed by atoms with Gasteiger partial charge in [0, 0.05) is 23.4 Å². The van der Waals surface area contributed by atoms with Crippen LogP contribution in [0.15, 0.2) is 39.8 Å². The number of aliphatic imine (C=N–C) groups is 1. The van der Waals surface area contributed by atoms with Gasteiger partial charge in [0.1, 0.15) is 12.4 Å². The smallest absolute Gasteiger partial charge is 0.152 e. The number of halogens is 4. The summed E-state index contributed by atoms with van der Waals surface area (Å²) in [6.45, 7) is 1.03. The molecular formula is C16H11BrCl2FNOS. The maximum absolute atomic E-state index is 13.1. The average molecular weight is 435 g/mol. The Hall–Kier alpha value is -0.750. The molecule has 0 saturated carbocycles. The standard InChI is InChI=1S/C16H11BrCl2FNOS/c17-12-5-10(16-21-3-4-23-16)6-14(19)15(12)22-8-9-1-2-11(20)7-13(9)18/h1-2,5-7H,3-4,8H2. The van der Waals surface area contributed by atoms with Crippen molar-refractivity contribution in [1.29, 1.82) is 0 Å². The van der Waals surface area contributed by atoms with Gasteiger partial charge in [-0.25, -0.2) is 4.39 Å². The van der Waals surface area contributed by atoms with Crippen LogP contribution in [0.2, 0.25) is 10.0 Å². The van der Waals surface area contributed by atoms with Crippen LogP contribution in [0.1, 0.15) is 11.1 Å². The van der Waals surface area contributed by atoms with Gasteiger partial charge in [0.15, 0.2) is 5.75 Å². The molecule has 0 aromatic heterocycles. The first-order chi connectivity index (χ1) is 11.0. The fraction of sp³-hybridized carbons (Fsp3) is 0.188. The van der Waals surface area contributed by atoms with E-state index in [1.54, 1.807) is 17.8 Å². The average Bonchev–Trinajstić information content (AvgIpc) is 3.02. The van der Waals surface area contributed by atoms with Gasteiger partial charge in [-0.2, -0.15) is 0 Å². The van der Waals surface area contributed by atoms with Crippen molar-refractivity contribution in [3.05, 3.63) is 61.8 Å². The summed E-state index contributed by atoms with van der Waals surface area (Å²) in [5, 5.41) is 1.80. The van der Waals surface area contributed by atoms with Crippen molar-refractivity contribution in [1.82, 2.24) is 0 Å². The molecule has 0 N–H and O–H groups in total. The van der Waals surface area contributed by atoms with Crippen molar-refractivity contribution in [3.63, 3.8) is 0 Å². The van der Waals surface area contributed by atoms with Gasteiger partial charge in [-0.05, 0) is 40.2 Å². The number of hydrogen-bond acceptors (Lipinski definition) is 3. The van der Waals surface area contributed by atoms with Gasteiger partial charge in [0.2, 0.25) is 0 Å². The van der Waals surface area contributed by atoms with Crippen molar-refractivity contribution >= 4 is 55.9 Å². The van der Waals surface area contributed by atoms with Gasteiger partial charge in [-0.15, -0.1) is 11.8 Å². The van der Waals surface area contributed by atoms with E-state index in [-0.39, 0.29) is 12.4 Å². The Labute approximate surface area is 156 Å². The van der Waals surface area contributed by atoms with E-state index in [4.69, 9.17) is 27.9 Å². The fourth-order valence-electron chi connectivity index (χ4n) is 2.12. The van der Waals surface area contributed by atoms with Gasteiger partial charge in [0.25, 0.3) is 0 Å². The molecule has 0 spiro atoms. The molecule has 23 heavy (non-hydrogen) atoms. The zero-order chi connectivity index (χ0) is 16.4. The molecular weight excluding hydrogens is 424 g/mol. The first-order valence-corrected chi connectivity index (χ1v) is 9.31. The highest BCUT2D eigenvalue weighted by Gasteiger charge is 2.16. The molecule has 1 aliphatic heterocycles. The Morgan fingerprint density at radius 3 is 2.70 bits per heavy atom. The highest BCUT2D eigenvalue weighted by atomic mass is 79.9. The van der Waals surface area contributed by atoms with Crippen molar-refractivity contribution in [2.45, 2.75) is 6.61 Å². The van der Waals surface area contributed by atoms with E-state index in [0.717, 1.165) is 27.4 Å². The second-order valence-electron chi connectivity index (χ2n) is 4.83. The Morgan fingerprint density at radius 2 is 2.04 bits per heavy atom. The number of rotatable bonds is 4. The highest BCUT2D eigenvalue weighted by Crippen LogP contribution is 2.37. The molecule has 3 rings (SSSR count). The van der Waals surface area contributed by atoms with Crippen molar-refractivity contribution in [2.75, 3.05) is 12.3 Å². The minimum Gasteiger partial charge on any atom is -0.486 e. The topological polar surface area (TPSA) is 21.6 Å². The third-order valence-electron chi connectivity index (χ3n) is 3.22. The maximum atomic E-state index is 13.1. The molecule has 2 aromatic carbocycles. The molecule has 0 atom stereocenters. The van der Waals surface area contributed by atoms with Gasteiger partial charge in [0.05, 0.1) is 19.6 Å². The second kappa shape index (κ2) is 7.43. The van der Waals surface area contributed by atoms with Crippen molar-refractivity contribution < 1.29 is 9.13 Å². The molecule has 0 bridgehead atoms. The zero-order valence-electron chi connectivity index (χ0n) is 11.8. The number of benzene rings is 2. The Bertz CT molecular complexity index is 762. The summed E-state index contributed by atoms with van der Waals surface area (Å²) in [4.78, 5) is 4.44. The molecule has 1 heterocycles. The lowest BCUT2D eigenvalue weighted by molar-refractivity contribution is 0.304. The summed E-state index contributed by atoms with van der Waals surface area (Å²) in [5.74, 6) is 1.14. The zero-order valence-corrected chi connectivity index (χ0v) is 15.7. The van der Waals surface area contributed by atoms with Crippen LogP contribution in [0.3, 0.4) is 0 Å². The predicted octanol–water partition coefficient (Wildman–Crippen LogP) is 5.97. The summed E-state index contributed by atoms with van der Waals surface area (Å²) in [7, 11) is 0. The van der Waals surface area contributed by atoms with Crippen molar-refractivity contribution in [3.8, 4) is 5.75 Å². The Balaban J connectivity index is 1.80. The molecule has 0 fully saturated rings.